The average Bonchev–Trinajstić information content (AvgIpc) is 2.94. The summed E-state index contributed by atoms with van der Waals surface area (Å²) in [5.41, 5.74) is 6.82. The third kappa shape index (κ3) is 4.23. The van der Waals surface area contributed by atoms with Crippen molar-refractivity contribution in [3.05, 3.63) is 29.8 Å². The zero-order valence-electron chi connectivity index (χ0n) is 12.0. The number of rotatable bonds is 6. The molecule has 1 fully saturated rings. The maximum absolute atomic E-state index is 11.5. The summed E-state index contributed by atoms with van der Waals surface area (Å²) in [4.78, 5) is 11.5. The summed E-state index contributed by atoms with van der Waals surface area (Å²) in [6.07, 6.45) is 5.67. The molecule has 0 amide bonds. The molecule has 1 aromatic carbocycles. The lowest BCUT2D eigenvalue weighted by molar-refractivity contribution is -0.144. The van der Waals surface area contributed by atoms with E-state index in [-0.39, 0.29) is 5.97 Å². The summed E-state index contributed by atoms with van der Waals surface area (Å²) in [6.45, 7) is 2.14. The van der Waals surface area contributed by atoms with Crippen molar-refractivity contribution in [2.45, 2.75) is 51.2 Å². The van der Waals surface area contributed by atoms with E-state index in [4.69, 9.17) is 15.2 Å². The molecule has 1 aliphatic carbocycles. The predicted octanol–water partition coefficient (Wildman–Crippen LogP) is 2.44. The molecule has 0 bridgehead atoms. The smallest absolute Gasteiger partial charge is 0.323 e. The molecule has 1 aromatic rings. The van der Waals surface area contributed by atoms with Crippen LogP contribution >= 0.6 is 0 Å². The summed E-state index contributed by atoms with van der Waals surface area (Å²) in [5.74, 6) is 0.545. The molecule has 1 unspecified atom stereocenters. The molecule has 0 heterocycles. The molecule has 2 rings (SSSR count). The summed E-state index contributed by atoms with van der Waals surface area (Å²) >= 11 is 0. The maximum Gasteiger partial charge on any atom is 0.323 e. The van der Waals surface area contributed by atoms with Gasteiger partial charge in [0.05, 0.1) is 12.7 Å². The number of hydrogen-bond donors (Lipinski definition) is 1. The highest BCUT2D eigenvalue weighted by atomic mass is 16.5. The topological polar surface area (TPSA) is 61.5 Å². The number of esters is 1. The minimum absolute atomic E-state index is 0.348. The van der Waals surface area contributed by atoms with Crippen molar-refractivity contribution in [2.75, 3.05) is 6.61 Å². The summed E-state index contributed by atoms with van der Waals surface area (Å²) in [5, 5.41) is 0. The lowest BCUT2D eigenvalue weighted by atomic mass is 10.1. The zero-order chi connectivity index (χ0) is 14.4. The van der Waals surface area contributed by atoms with E-state index in [0.29, 0.717) is 19.1 Å². The summed E-state index contributed by atoms with van der Waals surface area (Å²) in [6, 6.07) is 7.22. The highest BCUT2D eigenvalue weighted by Gasteiger charge is 2.17. The first-order valence-corrected chi connectivity index (χ1v) is 7.37. The fraction of sp³-hybridized carbons (Fsp3) is 0.562. The van der Waals surface area contributed by atoms with E-state index >= 15 is 0 Å². The average molecular weight is 277 g/mol. The van der Waals surface area contributed by atoms with Gasteiger partial charge in [0.2, 0.25) is 0 Å². The molecule has 1 saturated carbocycles. The van der Waals surface area contributed by atoms with Crippen LogP contribution in [0.25, 0.3) is 0 Å². The highest BCUT2D eigenvalue weighted by molar-refractivity contribution is 5.75. The zero-order valence-corrected chi connectivity index (χ0v) is 12.0. The molecular weight excluding hydrogens is 254 g/mol. The number of benzene rings is 1. The molecule has 1 aliphatic rings. The highest BCUT2D eigenvalue weighted by Crippen LogP contribution is 2.24. The van der Waals surface area contributed by atoms with Gasteiger partial charge in [-0.1, -0.05) is 12.1 Å². The number of nitrogens with two attached hydrogens (primary N) is 1. The molecule has 0 aromatic heterocycles. The fourth-order valence-electron chi connectivity index (χ4n) is 2.49. The van der Waals surface area contributed by atoms with E-state index in [1.807, 2.05) is 24.3 Å². The first kappa shape index (κ1) is 14.9. The Kier molecular flexibility index (Phi) is 5.41. The third-order valence-electron chi connectivity index (χ3n) is 3.57. The minimum Gasteiger partial charge on any atom is -0.490 e. The van der Waals surface area contributed by atoms with Crippen LogP contribution in [-0.2, 0) is 16.0 Å². The van der Waals surface area contributed by atoms with Crippen LogP contribution < -0.4 is 10.5 Å². The van der Waals surface area contributed by atoms with Gasteiger partial charge >= 0.3 is 5.97 Å². The standard InChI is InChI=1S/C16H23NO3/c1-2-19-16(18)15(17)11-12-7-9-14(10-8-12)20-13-5-3-4-6-13/h7-10,13,15H,2-6,11,17H2,1H3. The van der Waals surface area contributed by atoms with Crippen molar-refractivity contribution in [1.29, 1.82) is 0 Å². The number of carbonyl (C=O) groups is 1. The second-order valence-corrected chi connectivity index (χ2v) is 5.23. The predicted molar refractivity (Wildman–Crippen MR) is 77.6 cm³/mol. The van der Waals surface area contributed by atoms with E-state index in [9.17, 15) is 4.79 Å². The lowest BCUT2D eigenvalue weighted by Gasteiger charge is -2.14. The van der Waals surface area contributed by atoms with Gasteiger partial charge < -0.3 is 15.2 Å². The molecule has 0 saturated heterocycles. The minimum atomic E-state index is -0.600. The van der Waals surface area contributed by atoms with Crippen LogP contribution in [0.15, 0.2) is 24.3 Å². The Morgan fingerprint density at radius 1 is 1.30 bits per heavy atom. The molecule has 20 heavy (non-hydrogen) atoms. The largest absolute Gasteiger partial charge is 0.490 e. The van der Waals surface area contributed by atoms with Gasteiger partial charge in [0.15, 0.2) is 0 Å². The van der Waals surface area contributed by atoms with Crippen molar-refractivity contribution in [1.82, 2.24) is 0 Å². The van der Waals surface area contributed by atoms with Crippen molar-refractivity contribution in [2.24, 2.45) is 5.73 Å². The molecule has 1 atom stereocenters. The van der Waals surface area contributed by atoms with Gasteiger partial charge in [-0.05, 0) is 56.7 Å². The molecule has 4 nitrogen and oxygen atoms in total. The number of carbonyl (C=O) groups excluding carboxylic acids is 1. The fourth-order valence-corrected chi connectivity index (χ4v) is 2.49. The second-order valence-electron chi connectivity index (χ2n) is 5.23. The maximum atomic E-state index is 11.5. The monoisotopic (exact) mass is 277 g/mol. The van der Waals surface area contributed by atoms with Crippen molar-refractivity contribution in [3.63, 3.8) is 0 Å². The van der Waals surface area contributed by atoms with Gasteiger partial charge in [0.25, 0.3) is 0 Å². The first-order chi connectivity index (χ1) is 9.69. The first-order valence-electron chi connectivity index (χ1n) is 7.37. The Bertz CT molecular complexity index is 424. The molecule has 2 N–H and O–H groups in total. The summed E-state index contributed by atoms with van der Waals surface area (Å²) < 4.78 is 10.8. The molecule has 0 aliphatic heterocycles. The van der Waals surface area contributed by atoms with E-state index in [1.165, 1.54) is 12.8 Å². The quantitative estimate of drug-likeness (QED) is 0.811. The Labute approximate surface area is 120 Å². The third-order valence-corrected chi connectivity index (χ3v) is 3.57. The molecular formula is C16H23NO3. The van der Waals surface area contributed by atoms with Crippen LogP contribution in [0.1, 0.15) is 38.2 Å². The Balaban J connectivity index is 1.85. The van der Waals surface area contributed by atoms with Gasteiger partial charge in [-0.2, -0.15) is 0 Å². The Hall–Kier alpha value is -1.55. The van der Waals surface area contributed by atoms with Crippen LogP contribution in [0.5, 0.6) is 5.75 Å². The second kappa shape index (κ2) is 7.29. The van der Waals surface area contributed by atoms with Gasteiger partial charge in [0, 0.05) is 0 Å². The van der Waals surface area contributed by atoms with Gasteiger partial charge in [-0.3, -0.25) is 4.79 Å². The van der Waals surface area contributed by atoms with Crippen molar-refractivity contribution < 1.29 is 14.3 Å². The van der Waals surface area contributed by atoms with E-state index in [1.54, 1.807) is 6.92 Å². The Morgan fingerprint density at radius 2 is 1.95 bits per heavy atom. The van der Waals surface area contributed by atoms with Gasteiger partial charge in [0.1, 0.15) is 11.8 Å². The number of hydrogen-bond acceptors (Lipinski definition) is 4. The normalized spacial score (nSPS) is 16.9. The molecule has 4 heteroatoms. The van der Waals surface area contributed by atoms with Gasteiger partial charge in [-0.25, -0.2) is 0 Å². The van der Waals surface area contributed by atoms with Crippen LogP contribution in [-0.4, -0.2) is 24.7 Å². The lowest BCUT2D eigenvalue weighted by Crippen LogP contribution is -2.34. The van der Waals surface area contributed by atoms with Crippen molar-refractivity contribution in [3.8, 4) is 5.75 Å². The molecule has 110 valence electrons. The van der Waals surface area contributed by atoms with Crippen LogP contribution in [0.4, 0.5) is 0 Å². The van der Waals surface area contributed by atoms with E-state index in [2.05, 4.69) is 0 Å². The number of ether oxygens (including phenoxy) is 2. The van der Waals surface area contributed by atoms with E-state index < -0.39 is 6.04 Å². The van der Waals surface area contributed by atoms with Crippen LogP contribution in [0.2, 0.25) is 0 Å². The SMILES string of the molecule is CCOC(=O)C(N)Cc1ccc(OC2CCCC2)cc1. The Morgan fingerprint density at radius 3 is 2.55 bits per heavy atom. The van der Waals surface area contributed by atoms with Crippen LogP contribution in [0.3, 0.4) is 0 Å². The molecule has 0 radical (unpaired) electrons. The summed E-state index contributed by atoms with van der Waals surface area (Å²) in [7, 11) is 0. The molecule has 0 spiro atoms. The van der Waals surface area contributed by atoms with Crippen LogP contribution in [0, 0.1) is 0 Å². The van der Waals surface area contributed by atoms with E-state index in [0.717, 1.165) is 24.2 Å². The van der Waals surface area contributed by atoms with Gasteiger partial charge in [-0.15, -0.1) is 0 Å². The van der Waals surface area contributed by atoms with Crippen molar-refractivity contribution >= 4 is 5.97 Å².